The lowest BCUT2D eigenvalue weighted by atomic mass is 10.0. The maximum Gasteiger partial charge on any atom is 0.191 e. The van der Waals surface area contributed by atoms with Gasteiger partial charge in [-0.1, -0.05) is 13.8 Å². The first-order valence-corrected chi connectivity index (χ1v) is 8.71. The minimum Gasteiger partial charge on any atom is -0.496 e. The number of guanidine groups is 1. The Labute approximate surface area is 152 Å². The van der Waals surface area contributed by atoms with Crippen LogP contribution in [0.25, 0.3) is 0 Å². The summed E-state index contributed by atoms with van der Waals surface area (Å²) in [6.07, 6.45) is 2.29. The molecule has 0 aromatic heterocycles. The fourth-order valence-electron chi connectivity index (χ4n) is 2.51. The maximum atomic E-state index is 5.48. The summed E-state index contributed by atoms with van der Waals surface area (Å²) in [5.74, 6) is 3.59. The molecule has 6 nitrogen and oxygen atoms in total. The molecule has 0 saturated heterocycles. The van der Waals surface area contributed by atoms with Crippen molar-refractivity contribution in [3.63, 3.8) is 0 Å². The summed E-state index contributed by atoms with van der Waals surface area (Å²) in [5, 5.41) is 6.75. The average Bonchev–Trinajstić information content (AvgIpc) is 2.62. The first kappa shape index (κ1) is 20.9. The van der Waals surface area contributed by atoms with E-state index in [4.69, 9.17) is 14.2 Å². The van der Waals surface area contributed by atoms with Crippen molar-refractivity contribution in [3.8, 4) is 17.2 Å². The highest BCUT2D eigenvalue weighted by Crippen LogP contribution is 2.33. The average molecular weight is 351 g/mol. The molecule has 0 radical (unpaired) electrons. The minimum atomic E-state index is 0.355. The van der Waals surface area contributed by atoms with Crippen LogP contribution < -0.4 is 24.8 Å². The summed E-state index contributed by atoms with van der Waals surface area (Å²) in [5.41, 5.74) is 0.920. The van der Waals surface area contributed by atoms with Crippen molar-refractivity contribution in [1.29, 1.82) is 0 Å². The highest BCUT2D eigenvalue weighted by molar-refractivity contribution is 5.80. The molecule has 0 fully saturated rings. The molecule has 142 valence electrons. The molecule has 0 aliphatic rings. The highest BCUT2D eigenvalue weighted by Gasteiger charge is 2.14. The fraction of sp³-hybridized carbons (Fsp3) is 0.632. The Bertz CT molecular complexity index is 534. The number of ether oxygens (including phenoxy) is 3. The Morgan fingerprint density at radius 2 is 1.60 bits per heavy atom. The summed E-state index contributed by atoms with van der Waals surface area (Å²) in [6, 6.07) is 4.05. The van der Waals surface area contributed by atoms with Crippen LogP contribution in [0.3, 0.4) is 0 Å². The monoisotopic (exact) mass is 351 g/mol. The van der Waals surface area contributed by atoms with Gasteiger partial charge in [0.15, 0.2) is 5.96 Å². The third-order valence-corrected chi connectivity index (χ3v) is 4.03. The van der Waals surface area contributed by atoms with E-state index in [1.165, 1.54) is 6.42 Å². The molecule has 25 heavy (non-hydrogen) atoms. The van der Waals surface area contributed by atoms with Gasteiger partial charge in [-0.25, -0.2) is 0 Å². The SMILES string of the molecule is CN=C(NCc1c(OC)cc(OC)cc1OC)NC(C)CCC(C)C. The molecule has 1 atom stereocenters. The van der Waals surface area contributed by atoms with Gasteiger partial charge in [0, 0.05) is 25.2 Å². The topological polar surface area (TPSA) is 64.1 Å². The molecule has 1 aromatic carbocycles. The lowest BCUT2D eigenvalue weighted by molar-refractivity contribution is 0.368. The molecule has 0 heterocycles. The summed E-state index contributed by atoms with van der Waals surface area (Å²) < 4.78 is 16.2. The standard InChI is InChI=1S/C19H33N3O3/c1-13(2)8-9-14(3)22-19(20-4)21-12-16-17(24-6)10-15(23-5)11-18(16)25-7/h10-11,13-14H,8-9,12H2,1-7H3,(H2,20,21,22). The first-order valence-electron chi connectivity index (χ1n) is 8.71. The van der Waals surface area contributed by atoms with Gasteiger partial charge in [-0.05, 0) is 25.7 Å². The Morgan fingerprint density at radius 1 is 1.00 bits per heavy atom. The lowest BCUT2D eigenvalue weighted by Crippen LogP contribution is -2.42. The van der Waals surface area contributed by atoms with Gasteiger partial charge in [0.05, 0.1) is 33.4 Å². The Balaban J connectivity index is 2.77. The quantitative estimate of drug-likeness (QED) is 0.528. The van der Waals surface area contributed by atoms with E-state index in [2.05, 4.69) is 36.4 Å². The molecule has 1 aromatic rings. The second kappa shape index (κ2) is 10.7. The molecule has 0 aliphatic heterocycles. The van der Waals surface area contributed by atoms with Crippen LogP contribution >= 0.6 is 0 Å². The summed E-state index contributed by atoms with van der Waals surface area (Å²) in [7, 11) is 6.67. The van der Waals surface area contributed by atoms with Gasteiger partial charge in [0.1, 0.15) is 17.2 Å². The third-order valence-electron chi connectivity index (χ3n) is 4.03. The highest BCUT2D eigenvalue weighted by atomic mass is 16.5. The van der Waals surface area contributed by atoms with Crippen LogP contribution in [0, 0.1) is 5.92 Å². The van der Waals surface area contributed by atoms with Gasteiger partial charge < -0.3 is 24.8 Å². The third kappa shape index (κ3) is 6.72. The number of hydrogen-bond acceptors (Lipinski definition) is 4. The van der Waals surface area contributed by atoms with Crippen LogP contribution in [0.4, 0.5) is 0 Å². The number of nitrogens with one attached hydrogen (secondary N) is 2. The zero-order chi connectivity index (χ0) is 18.8. The van der Waals surface area contributed by atoms with Crippen LogP contribution in [0.15, 0.2) is 17.1 Å². The van der Waals surface area contributed by atoms with Crippen molar-refractivity contribution in [2.75, 3.05) is 28.4 Å². The van der Waals surface area contributed by atoms with Crippen molar-refractivity contribution in [1.82, 2.24) is 10.6 Å². The molecule has 1 unspecified atom stereocenters. The largest absolute Gasteiger partial charge is 0.496 e. The second-order valence-corrected chi connectivity index (χ2v) is 6.45. The van der Waals surface area contributed by atoms with E-state index >= 15 is 0 Å². The van der Waals surface area contributed by atoms with Gasteiger partial charge in [-0.3, -0.25) is 4.99 Å². The molecule has 0 bridgehead atoms. The van der Waals surface area contributed by atoms with E-state index in [1.807, 2.05) is 12.1 Å². The number of aliphatic imine (C=N–C) groups is 1. The van der Waals surface area contributed by atoms with E-state index in [1.54, 1.807) is 28.4 Å². The van der Waals surface area contributed by atoms with E-state index in [-0.39, 0.29) is 0 Å². The summed E-state index contributed by atoms with van der Waals surface area (Å²) >= 11 is 0. The van der Waals surface area contributed by atoms with Crippen molar-refractivity contribution < 1.29 is 14.2 Å². The maximum absolute atomic E-state index is 5.48. The van der Waals surface area contributed by atoms with E-state index in [9.17, 15) is 0 Å². The fourth-order valence-corrected chi connectivity index (χ4v) is 2.51. The van der Waals surface area contributed by atoms with Crippen LogP contribution in [-0.2, 0) is 6.54 Å². The van der Waals surface area contributed by atoms with Gasteiger partial charge in [0.25, 0.3) is 0 Å². The van der Waals surface area contributed by atoms with Crippen molar-refractivity contribution in [2.24, 2.45) is 10.9 Å². The molecular formula is C19H33N3O3. The van der Waals surface area contributed by atoms with Crippen LogP contribution in [0.2, 0.25) is 0 Å². The number of nitrogens with zero attached hydrogens (tertiary/aromatic N) is 1. The molecule has 2 N–H and O–H groups in total. The van der Waals surface area contributed by atoms with Crippen LogP contribution in [0.5, 0.6) is 17.2 Å². The van der Waals surface area contributed by atoms with Gasteiger partial charge in [-0.15, -0.1) is 0 Å². The molecule has 1 rings (SSSR count). The second-order valence-electron chi connectivity index (χ2n) is 6.45. The normalized spacial score (nSPS) is 12.7. The van der Waals surface area contributed by atoms with Crippen LogP contribution in [-0.4, -0.2) is 40.4 Å². The number of methoxy groups -OCH3 is 3. The smallest absolute Gasteiger partial charge is 0.191 e. The Hall–Kier alpha value is -2.11. The first-order chi connectivity index (χ1) is 11.9. The Kier molecular flexibility index (Phi) is 8.95. The molecular weight excluding hydrogens is 318 g/mol. The van der Waals surface area contributed by atoms with E-state index in [0.717, 1.165) is 17.9 Å². The van der Waals surface area contributed by atoms with E-state index in [0.29, 0.717) is 35.8 Å². The Morgan fingerprint density at radius 3 is 2.04 bits per heavy atom. The molecule has 0 amide bonds. The number of benzene rings is 1. The molecule has 0 aliphatic carbocycles. The number of rotatable bonds is 9. The van der Waals surface area contributed by atoms with Crippen molar-refractivity contribution in [2.45, 2.75) is 46.2 Å². The molecule has 6 heteroatoms. The van der Waals surface area contributed by atoms with Crippen LogP contribution in [0.1, 0.15) is 39.2 Å². The predicted octanol–water partition coefficient (Wildman–Crippen LogP) is 3.20. The number of hydrogen-bond donors (Lipinski definition) is 2. The molecule has 0 spiro atoms. The van der Waals surface area contributed by atoms with Gasteiger partial charge in [-0.2, -0.15) is 0 Å². The zero-order valence-electron chi connectivity index (χ0n) is 16.6. The molecule has 0 saturated carbocycles. The van der Waals surface area contributed by atoms with Gasteiger partial charge in [0.2, 0.25) is 0 Å². The zero-order valence-corrected chi connectivity index (χ0v) is 16.6. The lowest BCUT2D eigenvalue weighted by Gasteiger charge is -2.20. The predicted molar refractivity (Wildman–Crippen MR) is 103 cm³/mol. The van der Waals surface area contributed by atoms with Gasteiger partial charge >= 0.3 is 0 Å². The summed E-state index contributed by atoms with van der Waals surface area (Å²) in [4.78, 5) is 4.30. The van der Waals surface area contributed by atoms with Crippen molar-refractivity contribution in [3.05, 3.63) is 17.7 Å². The van der Waals surface area contributed by atoms with E-state index < -0.39 is 0 Å². The van der Waals surface area contributed by atoms with Crippen molar-refractivity contribution >= 4 is 5.96 Å². The minimum absolute atomic E-state index is 0.355. The summed E-state index contributed by atoms with van der Waals surface area (Å²) in [6.45, 7) is 7.18.